The number of rotatable bonds is 8. The molecular weight excluding hydrogens is 452 g/mol. The molecule has 0 radical (unpaired) electrons. The number of carbonyl (C=O) groups is 3. The first-order chi connectivity index (χ1) is 16.5. The van der Waals surface area contributed by atoms with Crippen molar-refractivity contribution in [1.29, 1.82) is 5.26 Å². The van der Waals surface area contributed by atoms with E-state index in [1.165, 1.54) is 12.1 Å². The van der Waals surface area contributed by atoms with E-state index in [4.69, 9.17) is 4.74 Å². The summed E-state index contributed by atoms with van der Waals surface area (Å²) in [6.45, 7) is 5.40. The summed E-state index contributed by atoms with van der Waals surface area (Å²) in [6.07, 6.45) is 3.80. The zero-order valence-corrected chi connectivity index (χ0v) is 20.8. The van der Waals surface area contributed by atoms with Gasteiger partial charge in [-0.05, 0) is 63.8 Å². The molecule has 2 unspecified atom stereocenters. The second-order valence-electron chi connectivity index (χ2n) is 9.80. The predicted molar refractivity (Wildman–Crippen MR) is 128 cm³/mol. The molecule has 1 fully saturated rings. The Bertz CT molecular complexity index is 946. The lowest BCUT2D eigenvalue weighted by Gasteiger charge is -2.34. The molecule has 2 atom stereocenters. The second-order valence-corrected chi connectivity index (χ2v) is 9.80. The van der Waals surface area contributed by atoms with E-state index in [1.807, 2.05) is 6.07 Å². The molecule has 1 saturated carbocycles. The Morgan fingerprint density at radius 2 is 1.89 bits per heavy atom. The summed E-state index contributed by atoms with van der Waals surface area (Å²) >= 11 is 0. The van der Waals surface area contributed by atoms with Crippen LogP contribution in [-0.2, 0) is 14.3 Å². The highest BCUT2D eigenvalue weighted by Gasteiger charge is 2.37. The van der Waals surface area contributed by atoms with Crippen LogP contribution < -0.4 is 10.6 Å². The topological polar surface area (TPSA) is 152 Å². The molecule has 35 heavy (non-hydrogen) atoms. The summed E-state index contributed by atoms with van der Waals surface area (Å²) in [5, 5.41) is 34.6. The maximum atomic E-state index is 13.5. The molecule has 1 aliphatic rings. The molecule has 0 spiro atoms. The van der Waals surface area contributed by atoms with Gasteiger partial charge in [0.25, 0.3) is 0 Å². The zero-order chi connectivity index (χ0) is 26.2. The van der Waals surface area contributed by atoms with Gasteiger partial charge >= 0.3 is 6.09 Å². The van der Waals surface area contributed by atoms with Crippen molar-refractivity contribution in [3.05, 3.63) is 29.3 Å². The van der Waals surface area contributed by atoms with Gasteiger partial charge in [-0.3, -0.25) is 9.59 Å². The van der Waals surface area contributed by atoms with Gasteiger partial charge < -0.3 is 30.5 Å². The first-order valence-corrected chi connectivity index (χ1v) is 11.8. The SMILES string of the molecule is Cc1cc(C(C(=O)NC2CCCCC2)N(CC#N)C(=O)C(CO)NC(=O)OC(C)(C)C)ccc1O. The Morgan fingerprint density at radius 1 is 1.23 bits per heavy atom. The Morgan fingerprint density at radius 3 is 2.43 bits per heavy atom. The van der Waals surface area contributed by atoms with Gasteiger partial charge in [0.2, 0.25) is 11.8 Å². The first-order valence-electron chi connectivity index (χ1n) is 11.8. The van der Waals surface area contributed by atoms with E-state index >= 15 is 0 Å². The number of nitrogens with one attached hydrogen (secondary N) is 2. The summed E-state index contributed by atoms with van der Waals surface area (Å²) < 4.78 is 5.18. The van der Waals surface area contributed by atoms with Crippen molar-refractivity contribution >= 4 is 17.9 Å². The second kappa shape index (κ2) is 12.4. The minimum atomic E-state index is -1.43. The third-order valence-corrected chi connectivity index (χ3v) is 5.74. The average Bonchev–Trinajstić information content (AvgIpc) is 2.78. The predicted octanol–water partition coefficient (Wildman–Crippen LogP) is 2.43. The first kappa shape index (κ1) is 27.9. The van der Waals surface area contributed by atoms with Crippen LogP contribution in [0.15, 0.2) is 18.2 Å². The van der Waals surface area contributed by atoms with Gasteiger partial charge in [0, 0.05) is 6.04 Å². The number of hydrogen-bond acceptors (Lipinski definition) is 7. The molecule has 192 valence electrons. The third kappa shape index (κ3) is 8.14. The van der Waals surface area contributed by atoms with E-state index in [-0.39, 0.29) is 11.8 Å². The summed E-state index contributed by atoms with van der Waals surface area (Å²) in [7, 11) is 0. The number of phenolic OH excluding ortho intramolecular Hbond substituents is 1. The molecule has 10 heteroatoms. The van der Waals surface area contributed by atoms with Crippen molar-refractivity contribution in [2.75, 3.05) is 13.2 Å². The molecule has 0 heterocycles. The average molecular weight is 489 g/mol. The molecule has 1 aromatic rings. The van der Waals surface area contributed by atoms with E-state index in [0.717, 1.165) is 37.0 Å². The molecule has 0 bridgehead atoms. The summed E-state index contributed by atoms with van der Waals surface area (Å²) in [5.41, 5.74) is 0.0601. The van der Waals surface area contributed by atoms with Crippen LogP contribution in [0.3, 0.4) is 0 Å². The molecule has 4 N–H and O–H groups in total. The number of aryl methyl sites for hydroxylation is 1. The van der Waals surface area contributed by atoms with Crippen LogP contribution in [0.2, 0.25) is 0 Å². The number of nitrogens with zero attached hydrogens (tertiary/aromatic N) is 2. The van der Waals surface area contributed by atoms with Crippen molar-refractivity contribution in [2.24, 2.45) is 0 Å². The van der Waals surface area contributed by atoms with Crippen LogP contribution in [-0.4, -0.2) is 63.9 Å². The monoisotopic (exact) mass is 488 g/mol. The van der Waals surface area contributed by atoms with E-state index in [1.54, 1.807) is 33.8 Å². The van der Waals surface area contributed by atoms with Gasteiger partial charge in [-0.25, -0.2) is 4.79 Å². The fourth-order valence-corrected chi connectivity index (χ4v) is 4.06. The van der Waals surface area contributed by atoms with Crippen LogP contribution in [0.1, 0.15) is 70.0 Å². The molecule has 10 nitrogen and oxygen atoms in total. The van der Waals surface area contributed by atoms with Crippen molar-refractivity contribution in [3.63, 3.8) is 0 Å². The highest BCUT2D eigenvalue weighted by molar-refractivity contribution is 5.92. The number of phenols is 1. The molecule has 1 aliphatic carbocycles. The minimum absolute atomic E-state index is 0.0261. The van der Waals surface area contributed by atoms with Gasteiger partial charge in [0.15, 0.2) is 0 Å². The van der Waals surface area contributed by atoms with Gasteiger partial charge in [-0.15, -0.1) is 0 Å². The summed E-state index contributed by atoms with van der Waals surface area (Å²) in [5.74, 6) is -1.26. The van der Waals surface area contributed by atoms with E-state index < -0.39 is 48.7 Å². The van der Waals surface area contributed by atoms with Gasteiger partial charge in [0.1, 0.15) is 30.0 Å². The number of carbonyl (C=O) groups excluding carboxylic acids is 3. The van der Waals surface area contributed by atoms with Crippen molar-refractivity contribution in [2.45, 2.75) is 83.5 Å². The standard InChI is InChI=1S/C25H36N4O6/c1-16-14-17(10-11-20(16)31)21(22(32)27-18-8-6-5-7-9-18)29(13-12-26)23(33)19(15-30)28-24(34)35-25(2,3)4/h10-11,14,18-19,21,30-31H,5-9,13,15H2,1-4H3,(H,27,32)(H,28,34). The normalized spacial score (nSPS) is 15.9. The number of hydrogen-bond donors (Lipinski definition) is 4. The van der Waals surface area contributed by atoms with Crippen LogP contribution in [0.5, 0.6) is 5.75 Å². The fourth-order valence-electron chi connectivity index (χ4n) is 4.06. The Labute approximate surface area is 206 Å². The highest BCUT2D eigenvalue weighted by Crippen LogP contribution is 2.28. The number of aliphatic hydroxyl groups is 1. The lowest BCUT2D eigenvalue weighted by Crippen LogP contribution is -2.55. The minimum Gasteiger partial charge on any atom is -0.508 e. The number of aromatic hydroxyl groups is 1. The molecule has 2 rings (SSSR count). The summed E-state index contributed by atoms with van der Waals surface area (Å²) in [6, 6.07) is 3.72. The molecule has 0 saturated heterocycles. The maximum absolute atomic E-state index is 13.5. The summed E-state index contributed by atoms with van der Waals surface area (Å²) in [4.78, 5) is 40.2. The van der Waals surface area contributed by atoms with E-state index in [0.29, 0.717) is 11.1 Å². The van der Waals surface area contributed by atoms with Crippen LogP contribution in [0.25, 0.3) is 0 Å². The molecule has 3 amide bonds. The van der Waals surface area contributed by atoms with Crippen LogP contribution >= 0.6 is 0 Å². The van der Waals surface area contributed by atoms with Gasteiger partial charge in [-0.1, -0.05) is 25.3 Å². The number of nitriles is 1. The van der Waals surface area contributed by atoms with Crippen molar-refractivity contribution < 1.29 is 29.3 Å². The smallest absolute Gasteiger partial charge is 0.408 e. The quantitative estimate of drug-likeness (QED) is 0.410. The van der Waals surface area contributed by atoms with E-state index in [9.17, 15) is 29.9 Å². The maximum Gasteiger partial charge on any atom is 0.408 e. The van der Waals surface area contributed by atoms with Gasteiger partial charge in [0.05, 0.1) is 12.7 Å². The van der Waals surface area contributed by atoms with Gasteiger partial charge in [-0.2, -0.15) is 5.26 Å². The van der Waals surface area contributed by atoms with Crippen LogP contribution in [0.4, 0.5) is 4.79 Å². The number of amides is 3. The lowest BCUT2D eigenvalue weighted by molar-refractivity contribution is -0.142. The fraction of sp³-hybridized carbons (Fsp3) is 0.600. The molecule has 0 aliphatic heterocycles. The Balaban J connectivity index is 2.40. The number of aliphatic hydroxyl groups excluding tert-OH is 1. The molecule has 1 aromatic carbocycles. The molecular formula is C25H36N4O6. The number of alkyl carbamates (subject to hydrolysis) is 1. The lowest BCUT2D eigenvalue weighted by atomic mass is 9.94. The largest absolute Gasteiger partial charge is 0.508 e. The molecule has 0 aromatic heterocycles. The Kier molecular flexibility index (Phi) is 9.89. The van der Waals surface area contributed by atoms with Crippen molar-refractivity contribution in [3.8, 4) is 11.8 Å². The Hall–Kier alpha value is -3.32. The number of benzene rings is 1. The highest BCUT2D eigenvalue weighted by atomic mass is 16.6. The zero-order valence-electron chi connectivity index (χ0n) is 20.8. The van der Waals surface area contributed by atoms with Crippen molar-refractivity contribution in [1.82, 2.24) is 15.5 Å². The van der Waals surface area contributed by atoms with Crippen LogP contribution in [0, 0.1) is 18.3 Å². The van der Waals surface area contributed by atoms with E-state index in [2.05, 4.69) is 10.6 Å². The third-order valence-electron chi connectivity index (χ3n) is 5.74. The number of ether oxygens (including phenoxy) is 1.